The van der Waals surface area contributed by atoms with Crippen molar-refractivity contribution in [3.8, 4) is 5.75 Å². The zero-order chi connectivity index (χ0) is 7.68. The third-order valence-electron chi connectivity index (χ3n) is 1.66. The molecule has 0 saturated carbocycles. The van der Waals surface area contributed by atoms with E-state index >= 15 is 0 Å². The van der Waals surface area contributed by atoms with Crippen LogP contribution >= 0.6 is 11.3 Å². The van der Waals surface area contributed by atoms with Crippen LogP contribution in [-0.2, 0) is 0 Å². The molecule has 0 bridgehead atoms. The predicted octanol–water partition coefficient (Wildman–Crippen LogP) is 2.91. The summed E-state index contributed by atoms with van der Waals surface area (Å²) in [5.41, 5.74) is 0. The molecule has 0 radical (unpaired) electrons. The summed E-state index contributed by atoms with van der Waals surface area (Å²) in [6, 6.07) is 8.18. The summed E-state index contributed by atoms with van der Waals surface area (Å²) < 4.78 is 6.43. The Morgan fingerprint density at radius 2 is 2.18 bits per heavy atom. The Morgan fingerprint density at radius 3 is 3.00 bits per heavy atom. The van der Waals surface area contributed by atoms with E-state index in [2.05, 4.69) is 17.5 Å². The lowest BCUT2D eigenvalue weighted by molar-refractivity contribution is 0.420. The third kappa shape index (κ3) is 0.994. The van der Waals surface area contributed by atoms with Crippen LogP contribution in [0, 0.1) is 0 Å². The van der Waals surface area contributed by atoms with E-state index < -0.39 is 0 Å². The highest BCUT2D eigenvalue weighted by atomic mass is 32.1. The van der Waals surface area contributed by atoms with Gasteiger partial charge in [0.25, 0.3) is 0 Å². The second-order valence-corrected chi connectivity index (χ2v) is 3.22. The Hall–Kier alpha value is -1.02. The molecule has 0 spiro atoms. The van der Waals surface area contributed by atoms with Crippen molar-refractivity contribution in [2.24, 2.45) is 0 Å². The molecule has 0 N–H and O–H groups in total. The number of rotatable bonds is 1. The van der Waals surface area contributed by atoms with Gasteiger partial charge in [0, 0.05) is 0 Å². The van der Waals surface area contributed by atoms with Crippen LogP contribution in [0.5, 0.6) is 5.75 Å². The van der Waals surface area contributed by atoms with Crippen LogP contribution in [0.15, 0.2) is 29.6 Å². The molecule has 1 nitrogen and oxygen atoms in total. The molecule has 0 aliphatic heterocycles. The highest BCUT2D eigenvalue weighted by Gasteiger charge is 1.99. The number of methoxy groups -OCH3 is 1. The molecule has 2 heteroatoms. The Balaban J connectivity index is 2.79. The highest BCUT2D eigenvalue weighted by molar-refractivity contribution is 7.17. The second-order valence-electron chi connectivity index (χ2n) is 2.30. The van der Waals surface area contributed by atoms with Gasteiger partial charge in [-0.1, -0.05) is 12.1 Å². The Bertz CT molecular complexity index is 364. The van der Waals surface area contributed by atoms with E-state index in [0.29, 0.717) is 0 Å². The van der Waals surface area contributed by atoms with E-state index in [9.17, 15) is 0 Å². The van der Waals surface area contributed by atoms with Crippen molar-refractivity contribution in [3.63, 3.8) is 0 Å². The van der Waals surface area contributed by atoms with Gasteiger partial charge >= 0.3 is 0 Å². The molecule has 11 heavy (non-hydrogen) atoms. The van der Waals surface area contributed by atoms with Crippen LogP contribution in [0.1, 0.15) is 0 Å². The van der Waals surface area contributed by atoms with Gasteiger partial charge in [-0.15, -0.1) is 11.3 Å². The van der Waals surface area contributed by atoms with Crippen LogP contribution in [-0.4, -0.2) is 7.11 Å². The average Bonchev–Trinajstić information content (AvgIpc) is 2.50. The number of benzene rings is 1. The summed E-state index contributed by atoms with van der Waals surface area (Å²) >= 11 is 1.71. The maximum atomic E-state index is 5.20. The Kier molecular flexibility index (Phi) is 1.55. The molecule has 0 amide bonds. The van der Waals surface area contributed by atoms with E-state index in [4.69, 9.17) is 4.74 Å². The molecule has 1 heterocycles. The molecule has 1 aromatic heterocycles. The predicted molar refractivity (Wildman–Crippen MR) is 48.4 cm³/mol. The molecule has 1 aromatic carbocycles. The fourth-order valence-corrected chi connectivity index (χ4v) is 2.02. The van der Waals surface area contributed by atoms with Crippen LogP contribution in [0.4, 0.5) is 0 Å². The van der Waals surface area contributed by atoms with E-state index in [1.54, 1.807) is 18.4 Å². The van der Waals surface area contributed by atoms with Gasteiger partial charge in [0.2, 0.25) is 0 Å². The maximum Gasteiger partial charge on any atom is 0.136 e. The second kappa shape index (κ2) is 2.55. The van der Waals surface area contributed by atoms with Gasteiger partial charge in [0.1, 0.15) is 5.75 Å². The molecule has 0 unspecified atom stereocenters. The first-order valence-electron chi connectivity index (χ1n) is 3.42. The van der Waals surface area contributed by atoms with Crippen molar-refractivity contribution in [2.45, 2.75) is 0 Å². The largest absolute Gasteiger partial charge is 0.495 e. The topological polar surface area (TPSA) is 9.23 Å². The Labute approximate surface area is 69.2 Å². The molecule has 0 fully saturated rings. The zero-order valence-corrected chi connectivity index (χ0v) is 7.02. The molecule has 0 aliphatic rings. The van der Waals surface area contributed by atoms with Gasteiger partial charge in [-0.05, 0) is 22.9 Å². The van der Waals surface area contributed by atoms with Crippen LogP contribution in [0.25, 0.3) is 10.1 Å². The third-order valence-corrected chi connectivity index (χ3v) is 2.61. The minimum Gasteiger partial charge on any atom is -0.495 e. The van der Waals surface area contributed by atoms with Crippen molar-refractivity contribution >= 4 is 21.4 Å². The van der Waals surface area contributed by atoms with Crippen molar-refractivity contribution in [1.82, 2.24) is 0 Å². The quantitative estimate of drug-likeness (QED) is 0.629. The monoisotopic (exact) mass is 164 g/mol. The maximum absolute atomic E-state index is 5.20. The summed E-state index contributed by atoms with van der Waals surface area (Å²) in [5, 5.41) is 3.34. The summed E-state index contributed by atoms with van der Waals surface area (Å²) in [5.74, 6) is 0.970. The van der Waals surface area contributed by atoms with Gasteiger partial charge in [0.05, 0.1) is 11.8 Å². The van der Waals surface area contributed by atoms with Gasteiger partial charge in [-0.2, -0.15) is 0 Å². The van der Waals surface area contributed by atoms with Gasteiger partial charge in [-0.3, -0.25) is 0 Å². The molecule has 0 atom stereocenters. The fraction of sp³-hybridized carbons (Fsp3) is 0.111. The number of ether oxygens (including phenoxy) is 1. The van der Waals surface area contributed by atoms with Crippen molar-refractivity contribution < 1.29 is 4.74 Å². The SMILES string of the molecule is COc1cccc2ccsc12. The first-order valence-corrected chi connectivity index (χ1v) is 4.30. The van der Waals surface area contributed by atoms with E-state index in [0.717, 1.165) is 5.75 Å². The van der Waals surface area contributed by atoms with Gasteiger partial charge in [0.15, 0.2) is 0 Å². The van der Waals surface area contributed by atoms with Crippen LogP contribution < -0.4 is 4.74 Å². The molecule has 56 valence electrons. The van der Waals surface area contributed by atoms with E-state index in [1.165, 1.54) is 10.1 Å². The normalized spacial score (nSPS) is 10.3. The van der Waals surface area contributed by atoms with Crippen molar-refractivity contribution in [3.05, 3.63) is 29.6 Å². The number of thiophene rings is 1. The molecule has 0 aliphatic carbocycles. The first-order chi connectivity index (χ1) is 5.42. The minimum atomic E-state index is 0.970. The first kappa shape index (κ1) is 6.68. The van der Waals surface area contributed by atoms with Gasteiger partial charge in [-0.25, -0.2) is 0 Å². The molecule has 2 aromatic rings. The smallest absolute Gasteiger partial charge is 0.136 e. The van der Waals surface area contributed by atoms with Crippen LogP contribution in [0.2, 0.25) is 0 Å². The van der Waals surface area contributed by atoms with Crippen molar-refractivity contribution in [2.75, 3.05) is 7.11 Å². The molecular weight excluding hydrogens is 156 g/mol. The number of fused-ring (bicyclic) bond motifs is 1. The number of hydrogen-bond acceptors (Lipinski definition) is 2. The molecule has 2 rings (SSSR count). The van der Waals surface area contributed by atoms with E-state index in [-0.39, 0.29) is 0 Å². The van der Waals surface area contributed by atoms with E-state index in [1.807, 2.05) is 12.1 Å². The highest BCUT2D eigenvalue weighted by Crippen LogP contribution is 2.29. The lowest BCUT2D eigenvalue weighted by Crippen LogP contribution is -1.80. The standard InChI is InChI=1S/C9H8OS/c1-10-8-4-2-3-7-5-6-11-9(7)8/h2-6H,1H3. The lowest BCUT2D eigenvalue weighted by Gasteiger charge is -1.98. The van der Waals surface area contributed by atoms with Crippen molar-refractivity contribution in [1.29, 1.82) is 0 Å². The van der Waals surface area contributed by atoms with Gasteiger partial charge < -0.3 is 4.74 Å². The molecular formula is C9H8OS. The Morgan fingerprint density at radius 1 is 1.27 bits per heavy atom. The summed E-state index contributed by atoms with van der Waals surface area (Å²) in [4.78, 5) is 0. The summed E-state index contributed by atoms with van der Waals surface area (Å²) in [6.07, 6.45) is 0. The zero-order valence-electron chi connectivity index (χ0n) is 6.20. The summed E-state index contributed by atoms with van der Waals surface area (Å²) in [7, 11) is 1.70. The molecule has 0 saturated heterocycles. The number of hydrogen-bond donors (Lipinski definition) is 0. The van der Waals surface area contributed by atoms with Crippen LogP contribution in [0.3, 0.4) is 0 Å². The minimum absolute atomic E-state index is 0.970. The fourth-order valence-electron chi connectivity index (χ4n) is 1.13. The summed E-state index contributed by atoms with van der Waals surface area (Å²) in [6.45, 7) is 0. The average molecular weight is 164 g/mol. The lowest BCUT2D eigenvalue weighted by atomic mass is 10.2.